The van der Waals surface area contributed by atoms with E-state index >= 15 is 0 Å². The molecule has 9 aromatic rings. The van der Waals surface area contributed by atoms with E-state index in [0.717, 1.165) is 77.2 Å². The Labute approximate surface area is 288 Å². The molecule has 9 rings (SSSR count). The summed E-state index contributed by atoms with van der Waals surface area (Å²) in [6.07, 6.45) is 0. The lowest BCUT2D eigenvalue weighted by atomic mass is 9.94. The molecular weight excluding hydrogens is 611 g/mol. The molecule has 0 N–H and O–H groups in total. The van der Waals surface area contributed by atoms with E-state index in [0.29, 0.717) is 16.8 Å². The van der Waals surface area contributed by atoms with Crippen molar-refractivity contribution >= 4 is 49.3 Å². The zero-order chi connectivity index (χ0) is 33.8. The largest absolute Gasteiger partial charge is 0.309 e. The van der Waals surface area contributed by atoms with E-state index < -0.39 is 0 Å². The summed E-state index contributed by atoms with van der Waals surface area (Å²) in [6, 6.07) is 55.6. The highest BCUT2D eigenvalue weighted by Gasteiger charge is 2.19. The van der Waals surface area contributed by atoms with Crippen molar-refractivity contribution in [2.24, 2.45) is 0 Å². The Morgan fingerprint density at radius 1 is 0.480 bits per heavy atom. The van der Waals surface area contributed by atoms with Crippen LogP contribution in [0.5, 0.6) is 0 Å². The quantitative estimate of drug-likeness (QED) is 0.181. The second-order valence-corrected chi connectivity index (χ2v) is 12.3. The summed E-state index contributed by atoms with van der Waals surface area (Å²) in [5, 5.41) is 24.6. The molecular formula is C45H25N5. The fraction of sp³-hybridized carbons (Fsp3) is 0. The predicted molar refractivity (Wildman–Crippen MR) is 202 cm³/mol. The molecule has 0 spiro atoms. The molecule has 0 aliphatic rings. The van der Waals surface area contributed by atoms with Gasteiger partial charge in [-0.05, 0) is 82.7 Å². The average molecular weight is 636 g/mol. The lowest BCUT2D eigenvalue weighted by molar-refractivity contribution is 1.18. The molecule has 2 aromatic heterocycles. The van der Waals surface area contributed by atoms with Crippen molar-refractivity contribution < 1.29 is 0 Å². The number of benzene rings is 7. The van der Waals surface area contributed by atoms with Crippen LogP contribution in [0.3, 0.4) is 0 Å². The van der Waals surface area contributed by atoms with Gasteiger partial charge >= 0.3 is 0 Å². The minimum atomic E-state index is 0.576. The summed E-state index contributed by atoms with van der Waals surface area (Å²) >= 11 is 0. The Balaban J connectivity index is 1.19. The maximum atomic E-state index is 10.5. The monoisotopic (exact) mass is 635 g/mol. The standard InChI is InChI=1S/C45H25N5/c1-48-33-21-23-43-39(26-33)37-14-3-6-17-41(37)49(43)34-12-8-10-29(25-34)35-22-20-30(24-32(35)28-47)36-13-2-5-16-40(36)50-42-18-7-4-15-38(42)45-31(27-46)11-9-19-44(45)50/h2-26H. The van der Waals surface area contributed by atoms with Crippen LogP contribution in [-0.2, 0) is 0 Å². The molecule has 0 saturated carbocycles. The van der Waals surface area contributed by atoms with Crippen molar-refractivity contribution in [3.05, 3.63) is 174 Å². The topological polar surface area (TPSA) is 61.8 Å². The highest BCUT2D eigenvalue weighted by molar-refractivity contribution is 6.12. The minimum Gasteiger partial charge on any atom is -0.309 e. The Bertz CT molecular complexity index is 2970. The first-order valence-corrected chi connectivity index (χ1v) is 16.3. The number of hydrogen-bond donors (Lipinski definition) is 0. The van der Waals surface area contributed by atoms with Gasteiger partial charge in [-0.1, -0.05) is 91.0 Å². The first kappa shape index (κ1) is 28.8. The van der Waals surface area contributed by atoms with E-state index in [9.17, 15) is 10.5 Å². The van der Waals surface area contributed by atoms with Gasteiger partial charge in [-0.3, -0.25) is 0 Å². The molecule has 5 nitrogen and oxygen atoms in total. The summed E-state index contributed by atoms with van der Waals surface area (Å²) in [7, 11) is 0. The molecule has 230 valence electrons. The Morgan fingerprint density at radius 2 is 1.16 bits per heavy atom. The fourth-order valence-electron chi connectivity index (χ4n) is 7.46. The van der Waals surface area contributed by atoms with Crippen molar-refractivity contribution in [2.75, 3.05) is 0 Å². The highest BCUT2D eigenvalue weighted by atomic mass is 15.0. The van der Waals surface area contributed by atoms with E-state index in [1.165, 1.54) is 0 Å². The number of nitriles is 2. The van der Waals surface area contributed by atoms with Crippen molar-refractivity contribution in [1.82, 2.24) is 9.13 Å². The second kappa shape index (κ2) is 11.4. The Morgan fingerprint density at radius 3 is 1.98 bits per heavy atom. The zero-order valence-corrected chi connectivity index (χ0v) is 26.7. The summed E-state index contributed by atoms with van der Waals surface area (Å²) in [4.78, 5) is 3.66. The molecule has 7 aromatic carbocycles. The minimum absolute atomic E-state index is 0.576. The van der Waals surface area contributed by atoms with E-state index in [1.807, 2.05) is 91.0 Å². The third kappa shape index (κ3) is 4.31. The van der Waals surface area contributed by atoms with Crippen LogP contribution in [0, 0.1) is 29.2 Å². The fourth-order valence-corrected chi connectivity index (χ4v) is 7.46. The van der Waals surface area contributed by atoms with E-state index in [4.69, 9.17) is 6.57 Å². The molecule has 0 atom stereocenters. The van der Waals surface area contributed by atoms with Gasteiger partial charge in [0.05, 0.1) is 57.6 Å². The van der Waals surface area contributed by atoms with Crippen LogP contribution in [0.4, 0.5) is 5.69 Å². The predicted octanol–water partition coefficient (Wildman–Crippen LogP) is 11.5. The SMILES string of the molecule is [C-]#[N+]c1ccc2c(c1)c1ccccc1n2-c1cccc(-c2ccc(-c3ccccc3-n3c4ccccc4c4c(C#N)cccc43)cc2C#N)c1. The molecule has 0 saturated heterocycles. The van der Waals surface area contributed by atoms with Gasteiger partial charge in [-0.2, -0.15) is 10.5 Å². The molecule has 2 heterocycles. The maximum absolute atomic E-state index is 10.5. The van der Waals surface area contributed by atoms with Gasteiger partial charge in [0, 0.05) is 27.4 Å². The molecule has 0 amide bonds. The Hall–Kier alpha value is -7.39. The summed E-state index contributed by atoms with van der Waals surface area (Å²) in [6.45, 7) is 7.54. The summed E-state index contributed by atoms with van der Waals surface area (Å²) in [5.74, 6) is 0. The number of aromatic nitrogens is 2. The van der Waals surface area contributed by atoms with E-state index in [1.54, 1.807) is 0 Å². The molecule has 0 aliphatic carbocycles. The summed E-state index contributed by atoms with van der Waals surface area (Å²) in [5.41, 5.74) is 11.5. The Kier molecular flexibility index (Phi) is 6.56. The van der Waals surface area contributed by atoms with E-state index in [-0.39, 0.29) is 0 Å². The van der Waals surface area contributed by atoms with Crippen molar-refractivity contribution in [3.63, 3.8) is 0 Å². The second-order valence-electron chi connectivity index (χ2n) is 12.3. The smallest absolute Gasteiger partial charge is 0.188 e. The van der Waals surface area contributed by atoms with Gasteiger partial charge in [-0.25, -0.2) is 4.85 Å². The van der Waals surface area contributed by atoms with Gasteiger partial charge < -0.3 is 9.13 Å². The van der Waals surface area contributed by atoms with Gasteiger partial charge in [0.15, 0.2) is 5.69 Å². The maximum Gasteiger partial charge on any atom is 0.188 e. The molecule has 0 radical (unpaired) electrons. The van der Waals surface area contributed by atoms with Crippen LogP contribution in [0.1, 0.15) is 11.1 Å². The van der Waals surface area contributed by atoms with Gasteiger partial charge in [-0.15, -0.1) is 0 Å². The summed E-state index contributed by atoms with van der Waals surface area (Å²) < 4.78 is 4.44. The number of nitrogens with zero attached hydrogens (tertiary/aromatic N) is 5. The van der Waals surface area contributed by atoms with Gasteiger partial charge in [0.2, 0.25) is 0 Å². The molecule has 0 bridgehead atoms. The number of rotatable bonds is 4. The zero-order valence-electron chi connectivity index (χ0n) is 26.7. The van der Waals surface area contributed by atoms with Crippen LogP contribution in [-0.4, -0.2) is 9.13 Å². The molecule has 5 heteroatoms. The van der Waals surface area contributed by atoms with Crippen LogP contribution in [0.15, 0.2) is 152 Å². The third-order valence-electron chi connectivity index (χ3n) is 9.61. The first-order chi connectivity index (χ1) is 24.7. The number of para-hydroxylation sites is 3. The molecule has 0 fully saturated rings. The highest BCUT2D eigenvalue weighted by Crippen LogP contribution is 2.39. The number of hydrogen-bond acceptors (Lipinski definition) is 2. The first-order valence-electron chi connectivity index (χ1n) is 16.3. The molecule has 0 unspecified atom stereocenters. The van der Waals surface area contributed by atoms with Crippen LogP contribution >= 0.6 is 0 Å². The van der Waals surface area contributed by atoms with Crippen LogP contribution in [0.2, 0.25) is 0 Å². The number of fused-ring (bicyclic) bond motifs is 6. The normalized spacial score (nSPS) is 11.1. The lowest BCUT2D eigenvalue weighted by Gasteiger charge is -2.15. The third-order valence-corrected chi connectivity index (χ3v) is 9.61. The van der Waals surface area contributed by atoms with Crippen molar-refractivity contribution in [2.45, 2.75) is 0 Å². The average Bonchev–Trinajstić information content (AvgIpc) is 3.70. The van der Waals surface area contributed by atoms with E-state index in [2.05, 4.69) is 86.8 Å². The van der Waals surface area contributed by atoms with Gasteiger partial charge in [0.25, 0.3) is 0 Å². The van der Waals surface area contributed by atoms with Crippen molar-refractivity contribution in [3.8, 4) is 45.8 Å². The van der Waals surface area contributed by atoms with Gasteiger partial charge in [0.1, 0.15) is 0 Å². The lowest BCUT2D eigenvalue weighted by Crippen LogP contribution is -1.98. The van der Waals surface area contributed by atoms with Crippen LogP contribution < -0.4 is 0 Å². The van der Waals surface area contributed by atoms with Crippen molar-refractivity contribution in [1.29, 1.82) is 10.5 Å². The van der Waals surface area contributed by atoms with Crippen LogP contribution in [0.25, 0.3) is 82.1 Å². The molecule has 0 aliphatic heterocycles. The molecule has 50 heavy (non-hydrogen) atoms.